The molecule has 3 rings (SSSR count). The van der Waals surface area contributed by atoms with Crippen LogP contribution in [-0.4, -0.2) is 55.9 Å². The molecule has 1 atom stereocenters. The van der Waals surface area contributed by atoms with E-state index in [1.54, 1.807) is 0 Å². The molecule has 5 nitrogen and oxygen atoms in total. The number of aliphatic imine (C=N–C) groups is 1. The summed E-state index contributed by atoms with van der Waals surface area (Å²) in [6, 6.07) is 8.36. The van der Waals surface area contributed by atoms with Crippen molar-refractivity contribution in [2.45, 2.75) is 57.8 Å². The Balaban J connectivity index is 1.46. The number of guanidine groups is 1. The van der Waals surface area contributed by atoms with Gasteiger partial charge in [0.1, 0.15) is 0 Å². The van der Waals surface area contributed by atoms with Crippen molar-refractivity contribution in [2.75, 3.05) is 32.8 Å². The number of benzene rings is 1. The standard InChI is InChI=1S/C21H32BrN3O2/c1-2-23-21(24-15-17-6-8-18(22)9-7-17)25-12-10-19(11-13-25)27-16-20-5-3-4-14-26-20/h6-9,19-20H,2-5,10-16H2,1H3,(H,23,24). The van der Waals surface area contributed by atoms with Gasteiger partial charge in [-0.15, -0.1) is 0 Å². The van der Waals surface area contributed by atoms with E-state index in [0.717, 1.165) is 62.5 Å². The highest BCUT2D eigenvalue weighted by Gasteiger charge is 2.23. The molecule has 0 aliphatic carbocycles. The van der Waals surface area contributed by atoms with E-state index < -0.39 is 0 Å². The molecule has 2 heterocycles. The van der Waals surface area contributed by atoms with Crippen LogP contribution in [0, 0.1) is 0 Å². The monoisotopic (exact) mass is 437 g/mol. The molecule has 6 heteroatoms. The van der Waals surface area contributed by atoms with Crippen molar-refractivity contribution >= 4 is 21.9 Å². The highest BCUT2D eigenvalue weighted by Crippen LogP contribution is 2.18. The van der Waals surface area contributed by atoms with Gasteiger partial charge < -0.3 is 19.7 Å². The average Bonchev–Trinajstić information content (AvgIpc) is 2.72. The molecule has 27 heavy (non-hydrogen) atoms. The molecule has 2 saturated heterocycles. The van der Waals surface area contributed by atoms with Crippen LogP contribution in [0.2, 0.25) is 0 Å². The molecule has 1 N–H and O–H groups in total. The minimum atomic E-state index is 0.307. The van der Waals surface area contributed by atoms with Gasteiger partial charge in [0.15, 0.2) is 5.96 Å². The van der Waals surface area contributed by atoms with Gasteiger partial charge in [-0.2, -0.15) is 0 Å². The Morgan fingerprint density at radius 1 is 1.22 bits per heavy atom. The fraction of sp³-hybridized carbons (Fsp3) is 0.667. The normalized spacial score (nSPS) is 22.1. The minimum absolute atomic E-state index is 0.307. The first-order chi connectivity index (χ1) is 13.2. The first kappa shape index (κ1) is 20.6. The van der Waals surface area contributed by atoms with Crippen LogP contribution in [0.25, 0.3) is 0 Å². The maximum Gasteiger partial charge on any atom is 0.194 e. The number of halogens is 1. The van der Waals surface area contributed by atoms with E-state index in [1.807, 2.05) is 0 Å². The van der Waals surface area contributed by atoms with E-state index in [-0.39, 0.29) is 0 Å². The lowest BCUT2D eigenvalue weighted by atomic mass is 10.1. The van der Waals surface area contributed by atoms with E-state index in [9.17, 15) is 0 Å². The van der Waals surface area contributed by atoms with Crippen LogP contribution in [-0.2, 0) is 16.0 Å². The third-order valence-electron chi connectivity index (χ3n) is 5.19. The Bertz CT molecular complexity index is 580. The summed E-state index contributed by atoms with van der Waals surface area (Å²) in [4.78, 5) is 7.20. The fourth-order valence-electron chi connectivity index (χ4n) is 3.60. The van der Waals surface area contributed by atoms with E-state index in [2.05, 4.69) is 57.3 Å². The van der Waals surface area contributed by atoms with Crippen LogP contribution in [0.15, 0.2) is 33.7 Å². The maximum atomic E-state index is 6.13. The highest BCUT2D eigenvalue weighted by atomic mass is 79.9. The number of nitrogens with zero attached hydrogens (tertiary/aromatic N) is 2. The molecule has 0 bridgehead atoms. The number of likely N-dealkylation sites (tertiary alicyclic amines) is 1. The SMILES string of the molecule is CCNC(=NCc1ccc(Br)cc1)N1CCC(OCC2CCCCO2)CC1. The van der Waals surface area contributed by atoms with Crippen LogP contribution >= 0.6 is 15.9 Å². The molecule has 1 unspecified atom stereocenters. The van der Waals surface area contributed by atoms with Gasteiger partial charge in [-0.1, -0.05) is 28.1 Å². The van der Waals surface area contributed by atoms with Gasteiger partial charge in [-0.3, -0.25) is 0 Å². The number of ether oxygens (including phenoxy) is 2. The quantitative estimate of drug-likeness (QED) is 0.540. The molecular weight excluding hydrogens is 406 g/mol. The number of nitrogens with one attached hydrogen (secondary N) is 1. The molecule has 0 saturated carbocycles. The van der Waals surface area contributed by atoms with E-state index in [1.165, 1.54) is 18.4 Å². The van der Waals surface area contributed by atoms with Crippen molar-refractivity contribution in [1.29, 1.82) is 0 Å². The predicted molar refractivity (Wildman–Crippen MR) is 113 cm³/mol. The molecule has 2 aliphatic heterocycles. The average molecular weight is 438 g/mol. The van der Waals surface area contributed by atoms with Gasteiger partial charge in [0.2, 0.25) is 0 Å². The van der Waals surface area contributed by atoms with Gasteiger partial charge >= 0.3 is 0 Å². The molecule has 0 radical (unpaired) electrons. The van der Waals surface area contributed by atoms with Gasteiger partial charge in [0.25, 0.3) is 0 Å². The number of hydrogen-bond donors (Lipinski definition) is 1. The highest BCUT2D eigenvalue weighted by molar-refractivity contribution is 9.10. The molecule has 1 aromatic rings. The third-order valence-corrected chi connectivity index (χ3v) is 5.72. The predicted octanol–water partition coefficient (Wildman–Crippen LogP) is 3.96. The molecular formula is C21H32BrN3O2. The second-order valence-electron chi connectivity index (χ2n) is 7.30. The molecule has 2 aliphatic rings. The first-order valence-electron chi connectivity index (χ1n) is 10.3. The van der Waals surface area contributed by atoms with Crippen LogP contribution in [0.5, 0.6) is 0 Å². The lowest BCUT2D eigenvalue weighted by Gasteiger charge is -2.35. The summed E-state index contributed by atoms with van der Waals surface area (Å²) in [6.07, 6.45) is 6.37. The fourth-order valence-corrected chi connectivity index (χ4v) is 3.86. The van der Waals surface area contributed by atoms with Crippen LogP contribution in [0.1, 0.15) is 44.6 Å². The van der Waals surface area contributed by atoms with E-state index >= 15 is 0 Å². The van der Waals surface area contributed by atoms with Gasteiger partial charge in [-0.05, 0) is 56.7 Å². The Labute approximate surface area is 171 Å². The molecule has 0 aromatic heterocycles. The number of hydrogen-bond acceptors (Lipinski definition) is 3. The summed E-state index contributed by atoms with van der Waals surface area (Å²) in [5, 5.41) is 3.44. The smallest absolute Gasteiger partial charge is 0.194 e. The number of rotatable bonds is 6. The van der Waals surface area contributed by atoms with Crippen LogP contribution < -0.4 is 5.32 Å². The second-order valence-corrected chi connectivity index (χ2v) is 8.22. The Kier molecular flexibility index (Phi) is 8.42. The molecule has 2 fully saturated rings. The van der Waals surface area contributed by atoms with Gasteiger partial charge in [0.05, 0.1) is 25.4 Å². The lowest BCUT2D eigenvalue weighted by Crippen LogP contribution is -2.47. The minimum Gasteiger partial charge on any atom is -0.376 e. The van der Waals surface area contributed by atoms with Crippen molar-refractivity contribution < 1.29 is 9.47 Å². The summed E-state index contributed by atoms with van der Waals surface area (Å²) in [6.45, 7) is 7.33. The van der Waals surface area contributed by atoms with Gasteiger partial charge in [0, 0.05) is 30.7 Å². The third kappa shape index (κ3) is 6.77. The van der Waals surface area contributed by atoms with E-state index in [0.29, 0.717) is 18.8 Å². The largest absolute Gasteiger partial charge is 0.376 e. The van der Waals surface area contributed by atoms with Crippen LogP contribution in [0.3, 0.4) is 0 Å². The summed E-state index contributed by atoms with van der Waals surface area (Å²) in [5.41, 5.74) is 1.22. The zero-order chi connectivity index (χ0) is 18.9. The summed E-state index contributed by atoms with van der Waals surface area (Å²) in [5.74, 6) is 1.01. The molecule has 0 spiro atoms. The molecule has 150 valence electrons. The topological polar surface area (TPSA) is 46.1 Å². The van der Waals surface area contributed by atoms with Crippen LogP contribution in [0.4, 0.5) is 0 Å². The van der Waals surface area contributed by atoms with Crippen molar-refractivity contribution in [3.05, 3.63) is 34.3 Å². The van der Waals surface area contributed by atoms with Crippen molar-refractivity contribution in [1.82, 2.24) is 10.2 Å². The zero-order valence-corrected chi connectivity index (χ0v) is 17.9. The summed E-state index contributed by atoms with van der Waals surface area (Å²) < 4.78 is 13.0. The van der Waals surface area contributed by atoms with Gasteiger partial charge in [-0.25, -0.2) is 4.99 Å². The van der Waals surface area contributed by atoms with E-state index in [4.69, 9.17) is 14.5 Å². The Morgan fingerprint density at radius 2 is 2.00 bits per heavy atom. The maximum absolute atomic E-state index is 6.13. The summed E-state index contributed by atoms with van der Waals surface area (Å²) >= 11 is 3.48. The number of piperidine rings is 1. The molecule has 1 aromatic carbocycles. The van der Waals surface area contributed by atoms with Crippen molar-refractivity contribution in [2.24, 2.45) is 4.99 Å². The van der Waals surface area contributed by atoms with Crippen molar-refractivity contribution in [3.63, 3.8) is 0 Å². The van der Waals surface area contributed by atoms with Crippen molar-refractivity contribution in [3.8, 4) is 0 Å². The first-order valence-corrected chi connectivity index (χ1v) is 11.0. The molecule has 0 amide bonds. The summed E-state index contributed by atoms with van der Waals surface area (Å²) in [7, 11) is 0. The second kappa shape index (κ2) is 11.0. The lowest BCUT2D eigenvalue weighted by molar-refractivity contribution is -0.0721. The Morgan fingerprint density at radius 3 is 2.67 bits per heavy atom. The zero-order valence-electron chi connectivity index (χ0n) is 16.3. The Hall–Kier alpha value is -1.11.